The van der Waals surface area contributed by atoms with Crippen LogP contribution in [-0.2, 0) is 6.18 Å². The predicted octanol–water partition coefficient (Wildman–Crippen LogP) is 3.82. The van der Waals surface area contributed by atoms with Gasteiger partial charge in [0.25, 0.3) is 5.69 Å². The van der Waals surface area contributed by atoms with Gasteiger partial charge in [-0.1, -0.05) is 0 Å². The number of hydrogen-bond donors (Lipinski definition) is 1. The molecule has 0 saturated heterocycles. The van der Waals surface area contributed by atoms with E-state index in [0.29, 0.717) is 5.92 Å². The fourth-order valence-electron chi connectivity index (χ4n) is 1.99. The summed E-state index contributed by atoms with van der Waals surface area (Å²) < 4.78 is 38.3. The molecule has 0 radical (unpaired) electrons. The molecule has 1 aromatic carbocycles. The molecule has 1 aromatic rings. The molecule has 7 heteroatoms. The normalized spacial score (nSPS) is 17.1. The molecule has 0 bridgehead atoms. The van der Waals surface area contributed by atoms with Gasteiger partial charge in [-0.3, -0.25) is 10.1 Å². The average molecular weight is 274 g/mol. The molecule has 1 N–H and O–H groups in total. The van der Waals surface area contributed by atoms with Crippen molar-refractivity contribution in [3.63, 3.8) is 0 Å². The molecule has 1 aliphatic rings. The molecule has 0 heterocycles. The minimum atomic E-state index is -4.73. The van der Waals surface area contributed by atoms with Gasteiger partial charge in [0.05, 0.1) is 4.92 Å². The lowest BCUT2D eigenvalue weighted by Crippen LogP contribution is -2.18. The molecule has 1 atom stereocenters. The zero-order chi connectivity index (χ0) is 14.2. The number of halogens is 3. The molecule has 0 aromatic heterocycles. The number of nitrogens with one attached hydrogen (secondary N) is 1. The Morgan fingerprint density at radius 1 is 1.42 bits per heavy atom. The van der Waals surface area contributed by atoms with Crippen molar-refractivity contribution < 1.29 is 18.1 Å². The molecule has 0 spiro atoms. The molecule has 1 unspecified atom stereocenters. The highest BCUT2D eigenvalue weighted by Crippen LogP contribution is 2.39. The van der Waals surface area contributed by atoms with E-state index in [2.05, 4.69) is 5.32 Å². The molecule has 0 aliphatic heterocycles. The molecular formula is C12H13F3N2O2. The maximum absolute atomic E-state index is 12.8. The molecule has 1 aliphatic carbocycles. The molecule has 104 valence electrons. The van der Waals surface area contributed by atoms with E-state index in [0.717, 1.165) is 25.0 Å². The summed E-state index contributed by atoms with van der Waals surface area (Å²) in [7, 11) is 0. The van der Waals surface area contributed by atoms with Gasteiger partial charge in [-0.2, -0.15) is 13.2 Å². The second kappa shape index (κ2) is 4.71. The number of nitro groups is 1. The van der Waals surface area contributed by atoms with Gasteiger partial charge in [-0.05, 0) is 37.8 Å². The fraction of sp³-hybridized carbons (Fsp3) is 0.500. The third-order valence-electron chi connectivity index (χ3n) is 3.22. The van der Waals surface area contributed by atoms with Crippen LogP contribution in [0.25, 0.3) is 0 Å². The van der Waals surface area contributed by atoms with Gasteiger partial charge in [-0.15, -0.1) is 0 Å². The third kappa shape index (κ3) is 3.15. The van der Waals surface area contributed by atoms with Gasteiger partial charge >= 0.3 is 6.18 Å². The zero-order valence-corrected chi connectivity index (χ0v) is 10.2. The Morgan fingerprint density at radius 2 is 2.05 bits per heavy atom. The Balaban J connectivity index is 2.29. The highest BCUT2D eigenvalue weighted by Gasteiger charge is 2.38. The average Bonchev–Trinajstić information content (AvgIpc) is 3.11. The first-order chi connectivity index (χ1) is 8.79. The predicted molar refractivity (Wildman–Crippen MR) is 63.9 cm³/mol. The van der Waals surface area contributed by atoms with Crippen LogP contribution in [0.5, 0.6) is 0 Å². The summed E-state index contributed by atoms with van der Waals surface area (Å²) in [6.45, 7) is 1.90. The van der Waals surface area contributed by atoms with Crippen molar-refractivity contribution in [2.75, 3.05) is 5.32 Å². The Bertz CT molecular complexity index is 498. The van der Waals surface area contributed by atoms with Gasteiger partial charge in [0, 0.05) is 17.8 Å². The quantitative estimate of drug-likeness (QED) is 0.670. The van der Waals surface area contributed by atoms with Crippen LogP contribution < -0.4 is 5.32 Å². The van der Waals surface area contributed by atoms with Gasteiger partial charge in [0.2, 0.25) is 0 Å². The second-order valence-electron chi connectivity index (χ2n) is 4.76. The number of hydrogen-bond acceptors (Lipinski definition) is 3. The Hall–Kier alpha value is -1.79. The highest BCUT2D eigenvalue weighted by molar-refractivity contribution is 5.55. The van der Waals surface area contributed by atoms with Crippen LogP contribution >= 0.6 is 0 Å². The Labute approximate surface area is 107 Å². The van der Waals surface area contributed by atoms with Crippen LogP contribution in [0, 0.1) is 16.0 Å². The van der Waals surface area contributed by atoms with E-state index < -0.39 is 22.4 Å². The third-order valence-corrected chi connectivity index (χ3v) is 3.22. The van der Waals surface area contributed by atoms with Crippen LogP contribution in [0.2, 0.25) is 0 Å². The highest BCUT2D eigenvalue weighted by atomic mass is 19.4. The van der Waals surface area contributed by atoms with Crippen molar-refractivity contribution in [2.45, 2.75) is 32.0 Å². The number of benzene rings is 1. The van der Waals surface area contributed by atoms with Crippen LogP contribution in [0.4, 0.5) is 24.5 Å². The number of anilines is 1. The summed E-state index contributed by atoms with van der Waals surface area (Å²) in [5.74, 6) is 0.476. The largest absolute Gasteiger partial charge is 0.423 e. The molecule has 1 fully saturated rings. The summed E-state index contributed by atoms with van der Waals surface area (Å²) in [6, 6.07) is 3.08. The van der Waals surface area contributed by atoms with Crippen LogP contribution in [-0.4, -0.2) is 11.0 Å². The van der Waals surface area contributed by atoms with Gasteiger partial charge in [0.1, 0.15) is 5.56 Å². The van der Waals surface area contributed by atoms with Crippen molar-refractivity contribution in [1.82, 2.24) is 0 Å². The van der Waals surface area contributed by atoms with E-state index >= 15 is 0 Å². The number of alkyl halides is 3. The van der Waals surface area contributed by atoms with Crippen LogP contribution in [0.15, 0.2) is 18.2 Å². The van der Waals surface area contributed by atoms with Crippen molar-refractivity contribution in [1.29, 1.82) is 0 Å². The summed E-state index contributed by atoms with van der Waals surface area (Å²) in [4.78, 5) is 9.59. The van der Waals surface area contributed by atoms with E-state index in [1.165, 1.54) is 6.07 Å². The lowest BCUT2D eigenvalue weighted by Gasteiger charge is -2.16. The molecule has 19 heavy (non-hydrogen) atoms. The lowest BCUT2D eigenvalue weighted by molar-refractivity contribution is -0.388. The van der Waals surface area contributed by atoms with Gasteiger partial charge < -0.3 is 5.32 Å². The number of rotatable bonds is 4. The van der Waals surface area contributed by atoms with E-state index in [1.54, 1.807) is 0 Å². The van der Waals surface area contributed by atoms with E-state index in [9.17, 15) is 23.3 Å². The molecule has 0 amide bonds. The van der Waals surface area contributed by atoms with Crippen molar-refractivity contribution >= 4 is 11.4 Å². The Kier molecular flexibility index (Phi) is 3.38. The first-order valence-corrected chi connectivity index (χ1v) is 5.91. The van der Waals surface area contributed by atoms with Gasteiger partial charge in [-0.25, -0.2) is 0 Å². The zero-order valence-electron chi connectivity index (χ0n) is 10.2. The summed E-state index contributed by atoms with van der Waals surface area (Å²) in [5.41, 5.74) is -1.88. The Morgan fingerprint density at radius 3 is 2.53 bits per heavy atom. The van der Waals surface area contributed by atoms with E-state index in [-0.39, 0.29) is 11.7 Å². The van der Waals surface area contributed by atoms with Crippen LogP contribution in [0.3, 0.4) is 0 Å². The number of nitro benzene ring substituents is 1. The maximum atomic E-state index is 12.8. The SMILES string of the molecule is CC(Nc1ccc([N+](=O)[O-])c(C(F)(F)F)c1)C1CC1. The topological polar surface area (TPSA) is 55.2 Å². The summed E-state index contributed by atoms with van der Waals surface area (Å²) in [6.07, 6.45) is -2.61. The monoisotopic (exact) mass is 274 g/mol. The lowest BCUT2D eigenvalue weighted by atomic mass is 10.1. The maximum Gasteiger partial charge on any atom is 0.423 e. The smallest absolute Gasteiger partial charge is 0.382 e. The number of nitrogens with zero attached hydrogens (tertiary/aromatic N) is 1. The van der Waals surface area contributed by atoms with Crippen molar-refractivity contribution in [2.24, 2.45) is 5.92 Å². The minimum Gasteiger partial charge on any atom is -0.382 e. The molecule has 1 saturated carbocycles. The van der Waals surface area contributed by atoms with E-state index in [4.69, 9.17) is 0 Å². The summed E-state index contributed by atoms with van der Waals surface area (Å²) in [5, 5.41) is 13.6. The standard InChI is InChI=1S/C12H13F3N2O2/c1-7(8-2-3-8)16-9-4-5-11(17(18)19)10(6-9)12(13,14)15/h4-8,16H,2-3H2,1H3. The minimum absolute atomic E-state index is 0.0718. The van der Waals surface area contributed by atoms with Crippen molar-refractivity contribution in [3.05, 3.63) is 33.9 Å². The first kappa shape index (κ1) is 13.6. The molecule has 4 nitrogen and oxygen atoms in total. The first-order valence-electron chi connectivity index (χ1n) is 5.91. The van der Waals surface area contributed by atoms with E-state index in [1.807, 2.05) is 6.92 Å². The van der Waals surface area contributed by atoms with Crippen LogP contribution in [0.1, 0.15) is 25.3 Å². The molecular weight excluding hydrogens is 261 g/mol. The second-order valence-corrected chi connectivity index (χ2v) is 4.76. The summed E-state index contributed by atoms with van der Waals surface area (Å²) >= 11 is 0. The van der Waals surface area contributed by atoms with Gasteiger partial charge in [0.15, 0.2) is 0 Å². The fourth-order valence-corrected chi connectivity index (χ4v) is 1.99. The molecule has 2 rings (SSSR count). The van der Waals surface area contributed by atoms with Crippen molar-refractivity contribution in [3.8, 4) is 0 Å².